The summed E-state index contributed by atoms with van der Waals surface area (Å²) in [5.74, 6) is 0. The van der Waals surface area contributed by atoms with E-state index in [1.165, 1.54) is 5.56 Å². The van der Waals surface area contributed by atoms with Gasteiger partial charge in [-0.05, 0) is 30.0 Å². The normalized spacial score (nSPS) is 14.1. The van der Waals surface area contributed by atoms with Gasteiger partial charge in [-0.1, -0.05) is 23.3 Å². The molecule has 1 heterocycles. The van der Waals surface area contributed by atoms with Crippen molar-refractivity contribution in [2.24, 2.45) is 5.11 Å². The van der Waals surface area contributed by atoms with Crippen molar-refractivity contribution in [2.75, 3.05) is 5.32 Å². The highest BCUT2D eigenvalue weighted by molar-refractivity contribution is 5.54. The molecule has 0 saturated carbocycles. The number of para-hydroxylation sites is 1. The zero-order chi connectivity index (χ0) is 9.80. The Hall–Kier alpha value is -1.93. The van der Waals surface area contributed by atoms with E-state index in [0.29, 0.717) is 0 Å². The molecule has 4 nitrogen and oxygen atoms in total. The molecule has 70 valence electrons. The third-order valence-corrected chi connectivity index (χ3v) is 2.24. The first-order valence-corrected chi connectivity index (χ1v) is 4.49. The number of hydrogen-bond acceptors (Lipinski definition) is 2. The Morgan fingerprint density at radius 3 is 3.00 bits per heavy atom. The average Bonchev–Trinajstić information content (AvgIpc) is 2.42. The third-order valence-electron chi connectivity index (χ3n) is 2.24. The van der Waals surface area contributed by atoms with Crippen LogP contribution in [0.25, 0.3) is 10.4 Å². The van der Waals surface area contributed by atoms with Crippen LogP contribution in [0.2, 0.25) is 0 Å². The van der Waals surface area contributed by atoms with Gasteiger partial charge in [0.05, 0.1) is 0 Å². The van der Waals surface area contributed by atoms with Gasteiger partial charge in [0.2, 0.25) is 0 Å². The summed E-state index contributed by atoms with van der Waals surface area (Å²) in [7, 11) is 0. The minimum Gasteiger partial charge on any atom is -0.361 e. The summed E-state index contributed by atoms with van der Waals surface area (Å²) < 4.78 is 0. The van der Waals surface area contributed by atoms with Crippen LogP contribution in [-0.4, -0.2) is 0 Å². The lowest BCUT2D eigenvalue weighted by Crippen LogP contribution is -1.89. The number of hydrogen-bond donors (Lipinski definition) is 1. The van der Waals surface area contributed by atoms with Crippen molar-refractivity contribution >= 4 is 5.69 Å². The van der Waals surface area contributed by atoms with E-state index in [2.05, 4.69) is 21.4 Å². The zero-order valence-electron chi connectivity index (χ0n) is 7.64. The highest BCUT2D eigenvalue weighted by Crippen LogP contribution is 2.22. The van der Waals surface area contributed by atoms with E-state index in [-0.39, 0.29) is 0 Å². The van der Waals surface area contributed by atoms with E-state index in [4.69, 9.17) is 5.53 Å². The summed E-state index contributed by atoms with van der Waals surface area (Å²) in [4.78, 5) is 2.78. The van der Waals surface area contributed by atoms with Gasteiger partial charge in [-0.2, -0.15) is 0 Å². The summed E-state index contributed by atoms with van der Waals surface area (Å²) in [5, 5.41) is 6.74. The molecule has 1 N–H and O–H groups in total. The molecular weight excluding hydrogens is 176 g/mol. The standard InChI is InChI=1S/C10H10N4/c11-14-13-9-6-5-8-3-1-2-4-10(8)12-7-9/h1-4,7,12H,5-6H2. The Labute approximate surface area is 81.9 Å². The van der Waals surface area contributed by atoms with Crippen molar-refractivity contribution in [2.45, 2.75) is 12.8 Å². The van der Waals surface area contributed by atoms with Gasteiger partial charge in [0.1, 0.15) is 0 Å². The van der Waals surface area contributed by atoms with Crippen LogP contribution in [0, 0.1) is 0 Å². The molecule has 1 aromatic rings. The van der Waals surface area contributed by atoms with Crippen LogP contribution in [0.1, 0.15) is 12.0 Å². The van der Waals surface area contributed by atoms with Crippen LogP contribution in [0.4, 0.5) is 5.69 Å². The largest absolute Gasteiger partial charge is 0.361 e. The molecule has 0 radical (unpaired) electrons. The molecule has 0 atom stereocenters. The quantitative estimate of drug-likeness (QED) is 0.408. The number of nitrogens with one attached hydrogen (secondary N) is 1. The fourth-order valence-corrected chi connectivity index (χ4v) is 1.51. The summed E-state index contributed by atoms with van der Waals surface area (Å²) in [6, 6.07) is 8.09. The van der Waals surface area contributed by atoms with Crippen molar-refractivity contribution in [1.29, 1.82) is 0 Å². The number of rotatable bonds is 1. The smallest absolute Gasteiger partial charge is 0.0412 e. The van der Waals surface area contributed by atoms with Crippen LogP contribution in [0.3, 0.4) is 0 Å². The zero-order valence-corrected chi connectivity index (χ0v) is 7.64. The van der Waals surface area contributed by atoms with E-state index < -0.39 is 0 Å². The number of anilines is 1. The lowest BCUT2D eigenvalue weighted by atomic mass is 10.1. The average molecular weight is 186 g/mol. The molecule has 0 spiro atoms. The fourth-order valence-electron chi connectivity index (χ4n) is 1.51. The van der Waals surface area contributed by atoms with E-state index >= 15 is 0 Å². The van der Waals surface area contributed by atoms with Crippen LogP contribution in [0.15, 0.2) is 41.3 Å². The van der Waals surface area contributed by atoms with Gasteiger partial charge < -0.3 is 5.32 Å². The molecule has 0 aromatic heterocycles. The Morgan fingerprint density at radius 1 is 1.29 bits per heavy atom. The molecule has 0 bridgehead atoms. The first-order valence-electron chi connectivity index (χ1n) is 4.49. The highest BCUT2D eigenvalue weighted by Gasteiger charge is 2.06. The Morgan fingerprint density at radius 2 is 2.14 bits per heavy atom. The maximum Gasteiger partial charge on any atom is 0.0412 e. The molecule has 1 aromatic carbocycles. The third kappa shape index (κ3) is 1.70. The summed E-state index contributed by atoms with van der Waals surface area (Å²) in [6.45, 7) is 0. The fraction of sp³-hybridized carbons (Fsp3) is 0.200. The first-order chi connectivity index (χ1) is 6.90. The van der Waals surface area contributed by atoms with Crippen molar-refractivity contribution in [1.82, 2.24) is 0 Å². The molecule has 0 saturated heterocycles. The molecular formula is C10H10N4. The SMILES string of the molecule is [N-]=[N+]=NC1=CNc2ccccc2CC1. The molecule has 1 aliphatic heterocycles. The van der Waals surface area contributed by atoms with E-state index in [1.807, 2.05) is 18.2 Å². The predicted octanol–water partition coefficient (Wildman–Crippen LogP) is 3.20. The Kier molecular flexibility index (Phi) is 2.38. The number of nitrogens with zero attached hydrogens (tertiary/aromatic N) is 3. The summed E-state index contributed by atoms with van der Waals surface area (Å²) >= 11 is 0. The lowest BCUT2D eigenvalue weighted by Gasteiger charge is -2.03. The second kappa shape index (κ2) is 3.85. The predicted molar refractivity (Wildman–Crippen MR) is 55.6 cm³/mol. The Bertz CT molecular complexity index is 416. The molecule has 4 heteroatoms. The topological polar surface area (TPSA) is 60.8 Å². The minimum atomic E-state index is 0.753. The Balaban J connectivity index is 2.28. The van der Waals surface area contributed by atoms with Gasteiger partial charge in [0.15, 0.2) is 0 Å². The monoisotopic (exact) mass is 186 g/mol. The maximum atomic E-state index is 8.32. The van der Waals surface area contributed by atoms with E-state index in [1.54, 1.807) is 6.20 Å². The summed E-state index contributed by atoms with van der Waals surface area (Å²) in [6.07, 6.45) is 3.47. The van der Waals surface area contributed by atoms with Crippen LogP contribution in [0.5, 0.6) is 0 Å². The molecule has 1 aliphatic rings. The maximum absolute atomic E-state index is 8.32. The minimum absolute atomic E-state index is 0.753. The number of aryl methyl sites for hydroxylation is 1. The second-order valence-corrected chi connectivity index (χ2v) is 3.13. The number of azide groups is 1. The van der Waals surface area contributed by atoms with Gasteiger partial charge >= 0.3 is 0 Å². The molecule has 0 aliphatic carbocycles. The molecule has 0 unspecified atom stereocenters. The molecule has 0 fully saturated rings. The van der Waals surface area contributed by atoms with Gasteiger partial charge in [0.25, 0.3) is 0 Å². The summed E-state index contributed by atoms with van der Waals surface area (Å²) in [5.41, 5.74) is 11.4. The van der Waals surface area contributed by atoms with Crippen molar-refractivity contribution in [3.05, 3.63) is 52.2 Å². The van der Waals surface area contributed by atoms with Crippen LogP contribution < -0.4 is 5.32 Å². The van der Waals surface area contributed by atoms with Gasteiger partial charge in [-0.25, -0.2) is 0 Å². The lowest BCUT2D eigenvalue weighted by molar-refractivity contribution is 0.933. The van der Waals surface area contributed by atoms with Crippen LogP contribution >= 0.6 is 0 Å². The molecule has 14 heavy (non-hydrogen) atoms. The molecule has 2 rings (SSSR count). The number of allylic oxidation sites excluding steroid dienone is 1. The van der Waals surface area contributed by atoms with Crippen LogP contribution in [-0.2, 0) is 6.42 Å². The van der Waals surface area contributed by atoms with Gasteiger partial charge in [-0.15, -0.1) is 0 Å². The molecule has 0 amide bonds. The van der Waals surface area contributed by atoms with Crippen molar-refractivity contribution < 1.29 is 0 Å². The first kappa shape index (κ1) is 8.66. The van der Waals surface area contributed by atoms with E-state index in [9.17, 15) is 0 Å². The number of fused-ring (bicyclic) bond motifs is 1. The van der Waals surface area contributed by atoms with Gasteiger partial charge in [-0.3, -0.25) is 0 Å². The van der Waals surface area contributed by atoms with Crippen molar-refractivity contribution in [3.8, 4) is 0 Å². The van der Waals surface area contributed by atoms with Gasteiger partial charge in [0, 0.05) is 22.5 Å². The van der Waals surface area contributed by atoms with Crippen molar-refractivity contribution in [3.63, 3.8) is 0 Å². The highest BCUT2D eigenvalue weighted by atomic mass is 15.1. The van der Waals surface area contributed by atoms with E-state index in [0.717, 1.165) is 24.2 Å². The second-order valence-electron chi connectivity index (χ2n) is 3.13. The number of benzene rings is 1.